The zero-order chi connectivity index (χ0) is 13.2. The van der Waals surface area contributed by atoms with Gasteiger partial charge < -0.3 is 4.90 Å². The van der Waals surface area contributed by atoms with Gasteiger partial charge in [0.25, 0.3) is 0 Å². The summed E-state index contributed by atoms with van der Waals surface area (Å²) >= 11 is 0. The van der Waals surface area contributed by atoms with Crippen molar-refractivity contribution < 1.29 is 9.59 Å². The van der Waals surface area contributed by atoms with Crippen molar-refractivity contribution in [2.24, 2.45) is 0 Å². The van der Waals surface area contributed by atoms with Crippen LogP contribution in [0.15, 0.2) is 24.4 Å². The van der Waals surface area contributed by atoms with Gasteiger partial charge in [0.05, 0.1) is 6.54 Å². The van der Waals surface area contributed by atoms with Gasteiger partial charge in [-0.15, -0.1) is 0 Å². The van der Waals surface area contributed by atoms with Crippen molar-refractivity contribution in [1.82, 2.24) is 9.88 Å². The highest BCUT2D eigenvalue weighted by atomic mass is 16.2. The van der Waals surface area contributed by atoms with Crippen LogP contribution in [0.5, 0.6) is 0 Å². The number of aromatic nitrogens is 1. The fourth-order valence-corrected chi connectivity index (χ4v) is 2.37. The lowest BCUT2D eigenvalue weighted by Gasteiger charge is -2.30. The lowest BCUT2D eigenvalue weighted by molar-refractivity contribution is -0.135. The number of Topliss-reactive ketones (excluding diaryl/α,β-unsaturated/α-hetero) is 1. The fourth-order valence-electron chi connectivity index (χ4n) is 2.37. The summed E-state index contributed by atoms with van der Waals surface area (Å²) in [7, 11) is 0. The van der Waals surface area contributed by atoms with Crippen molar-refractivity contribution in [2.45, 2.75) is 38.6 Å². The third kappa shape index (κ3) is 2.75. The first-order valence-corrected chi connectivity index (χ1v) is 6.21. The highest BCUT2D eigenvalue weighted by Gasteiger charge is 2.39. The lowest BCUT2D eigenvalue weighted by atomic mass is 10.0. The molecule has 1 aliphatic heterocycles. The number of aryl methyl sites for hydroxylation is 1. The largest absolute Gasteiger partial charge is 0.330 e. The number of pyridine rings is 1. The molecule has 96 valence electrons. The van der Waals surface area contributed by atoms with E-state index in [1.807, 2.05) is 32.0 Å². The summed E-state index contributed by atoms with van der Waals surface area (Å²) < 4.78 is 0. The van der Waals surface area contributed by atoms with E-state index in [9.17, 15) is 9.59 Å². The zero-order valence-electron chi connectivity index (χ0n) is 10.8. The van der Waals surface area contributed by atoms with E-state index in [2.05, 4.69) is 4.98 Å². The number of ketones is 1. The molecule has 0 saturated carbocycles. The number of hydrogen-bond donors (Lipinski definition) is 0. The molecule has 1 aromatic heterocycles. The number of carbonyl (C=O) groups excluding carboxylic acids is 2. The third-order valence-electron chi connectivity index (χ3n) is 3.32. The van der Waals surface area contributed by atoms with Gasteiger partial charge in [-0.1, -0.05) is 6.07 Å². The van der Waals surface area contributed by atoms with Crippen molar-refractivity contribution in [1.29, 1.82) is 0 Å². The highest BCUT2D eigenvalue weighted by Crippen LogP contribution is 2.26. The molecule has 0 spiro atoms. The summed E-state index contributed by atoms with van der Waals surface area (Å²) in [5, 5.41) is 0. The molecule has 1 saturated heterocycles. The average Bonchev–Trinajstić information content (AvgIpc) is 2.61. The van der Waals surface area contributed by atoms with Crippen LogP contribution in [0, 0.1) is 0 Å². The van der Waals surface area contributed by atoms with Crippen LogP contribution in [0.3, 0.4) is 0 Å². The highest BCUT2D eigenvalue weighted by molar-refractivity contribution is 5.91. The Bertz CT molecular complexity index is 454. The Hall–Kier alpha value is -1.71. The van der Waals surface area contributed by atoms with E-state index in [1.54, 1.807) is 11.1 Å². The molecule has 1 aromatic rings. The molecule has 2 heterocycles. The maximum Gasteiger partial charge on any atom is 0.223 e. The molecular weight excluding hydrogens is 228 g/mol. The predicted octanol–water partition coefficient (Wildman–Crippen LogP) is 1.59. The Morgan fingerprint density at radius 2 is 2.22 bits per heavy atom. The van der Waals surface area contributed by atoms with Crippen LogP contribution in [-0.4, -0.2) is 33.7 Å². The predicted molar refractivity (Wildman–Crippen MR) is 68.0 cm³/mol. The molecule has 1 fully saturated rings. The number of likely N-dealkylation sites (tertiary alicyclic amines) is 1. The maximum atomic E-state index is 12.1. The third-order valence-corrected chi connectivity index (χ3v) is 3.32. The first kappa shape index (κ1) is 12.7. The quantitative estimate of drug-likeness (QED) is 0.814. The van der Waals surface area contributed by atoms with E-state index in [4.69, 9.17) is 0 Å². The molecule has 0 unspecified atom stereocenters. The molecule has 1 aliphatic rings. The van der Waals surface area contributed by atoms with E-state index < -0.39 is 0 Å². The topological polar surface area (TPSA) is 50.3 Å². The summed E-state index contributed by atoms with van der Waals surface area (Å²) in [4.78, 5) is 29.5. The molecule has 4 heteroatoms. The van der Waals surface area contributed by atoms with Gasteiger partial charge in [0.15, 0.2) is 5.78 Å². The van der Waals surface area contributed by atoms with Crippen LogP contribution in [0.2, 0.25) is 0 Å². The molecule has 0 bridgehead atoms. The van der Waals surface area contributed by atoms with Gasteiger partial charge >= 0.3 is 0 Å². The second-order valence-electron chi connectivity index (χ2n) is 5.33. The van der Waals surface area contributed by atoms with Gasteiger partial charge in [-0.2, -0.15) is 0 Å². The Morgan fingerprint density at radius 1 is 1.44 bits per heavy atom. The minimum absolute atomic E-state index is 0.0384. The minimum atomic E-state index is -0.335. The summed E-state index contributed by atoms with van der Waals surface area (Å²) in [6.07, 6.45) is 3.22. The van der Waals surface area contributed by atoms with Crippen LogP contribution in [-0.2, 0) is 16.0 Å². The van der Waals surface area contributed by atoms with Gasteiger partial charge in [-0.05, 0) is 32.4 Å². The average molecular weight is 246 g/mol. The van der Waals surface area contributed by atoms with Crippen molar-refractivity contribution in [3.63, 3.8) is 0 Å². The Kier molecular flexibility index (Phi) is 3.45. The van der Waals surface area contributed by atoms with E-state index in [0.717, 1.165) is 5.69 Å². The number of rotatable bonds is 3. The number of amides is 1. The van der Waals surface area contributed by atoms with E-state index in [0.29, 0.717) is 19.3 Å². The van der Waals surface area contributed by atoms with Crippen molar-refractivity contribution in [3.8, 4) is 0 Å². The molecule has 0 atom stereocenters. The van der Waals surface area contributed by atoms with Gasteiger partial charge in [0.2, 0.25) is 5.91 Å². The normalized spacial score (nSPS) is 18.1. The van der Waals surface area contributed by atoms with E-state index in [-0.39, 0.29) is 23.8 Å². The first-order chi connectivity index (χ1) is 8.49. The van der Waals surface area contributed by atoms with Gasteiger partial charge in [-0.25, -0.2) is 0 Å². The Morgan fingerprint density at radius 3 is 2.78 bits per heavy atom. The van der Waals surface area contributed by atoms with Gasteiger partial charge in [-0.3, -0.25) is 14.6 Å². The molecule has 0 aliphatic carbocycles. The van der Waals surface area contributed by atoms with Crippen molar-refractivity contribution in [2.75, 3.05) is 6.54 Å². The smallest absolute Gasteiger partial charge is 0.223 e. The molecule has 0 N–H and O–H groups in total. The molecule has 0 aromatic carbocycles. The van der Waals surface area contributed by atoms with E-state index in [1.165, 1.54) is 0 Å². The molecule has 18 heavy (non-hydrogen) atoms. The molecule has 1 amide bonds. The minimum Gasteiger partial charge on any atom is -0.330 e. The zero-order valence-corrected chi connectivity index (χ0v) is 10.8. The summed E-state index contributed by atoms with van der Waals surface area (Å²) in [6.45, 7) is 4.14. The van der Waals surface area contributed by atoms with Crippen molar-refractivity contribution in [3.05, 3.63) is 30.1 Å². The van der Waals surface area contributed by atoms with Crippen LogP contribution < -0.4 is 0 Å². The number of carbonyl (C=O) groups is 2. The Balaban J connectivity index is 1.95. The molecule has 2 rings (SSSR count). The van der Waals surface area contributed by atoms with Gasteiger partial charge in [0.1, 0.15) is 0 Å². The molecule has 0 radical (unpaired) electrons. The fraction of sp³-hybridized carbons (Fsp3) is 0.500. The van der Waals surface area contributed by atoms with Crippen LogP contribution in [0.4, 0.5) is 0 Å². The summed E-state index contributed by atoms with van der Waals surface area (Å²) in [5.74, 6) is 0.183. The number of hydrogen-bond acceptors (Lipinski definition) is 3. The summed E-state index contributed by atoms with van der Waals surface area (Å²) in [5.41, 5.74) is 0.576. The van der Waals surface area contributed by atoms with Crippen molar-refractivity contribution >= 4 is 11.7 Å². The monoisotopic (exact) mass is 246 g/mol. The maximum absolute atomic E-state index is 12.1. The lowest BCUT2D eigenvalue weighted by Crippen LogP contribution is -2.42. The SMILES string of the molecule is CC1(C)CC(=O)CN1C(=O)CCc1ccccn1. The molecular formula is C14H18N2O2. The standard InChI is InChI=1S/C14H18N2O2/c1-14(2)9-12(17)10-16(14)13(18)7-6-11-5-3-4-8-15-11/h3-5,8H,6-7,9-10H2,1-2H3. The Labute approximate surface area is 107 Å². The molecule has 4 nitrogen and oxygen atoms in total. The van der Waals surface area contributed by atoms with Gasteiger partial charge in [0, 0.05) is 30.3 Å². The van der Waals surface area contributed by atoms with Crippen LogP contribution >= 0.6 is 0 Å². The second kappa shape index (κ2) is 4.88. The van der Waals surface area contributed by atoms with Crippen LogP contribution in [0.25, 0.3) is 0 Å². The number of nitrogens with zero attached hydrogens (tertiary/aromatic N) is 2. The first-order valence-electron chi connectivity index (χ1n) is 6.21. The second-order valence-corrected chi connectivity index (χ2v) is 5.33. The van der Waals surface area contributed by atoms with Crippen LogP contribution in [0.1, 0.15) is 32.4 Å². The summed E-state index contributed by atoms with van der Waals surface area (Å²) in [6, 6.07) is 5.68. The van der Waals surface area contributed by atoms with E-state index >= 15 is 0 Å².